The molecule has 1 fully saturated rings. The molecule has 0 spiro atoms. The zero-order valence-electron chi connectivity index (χ0n) is 12.8. The molecule has 2 N–H and O–H groups in total. The minimum atomic E-state index is -0.760. The normalized spacial score (nSPS) is 16.3. The summed E-state index contributed by atoms with van der Waals surface area (Å²) >= 11 is 0. The number of carboxylic acid groups (broad SMARTS) is 1. The molecular weight excluding hydrogens is 264 g/mol. The molecule has 21 heavy (non-hydrogen) atoms. The van der Waals surface area contributed by atoms with Crippen LogP contribution in [0.3, 0.4) is 0 Å². The minimum absolute atomic E-state index is 0.112. The van der Waals surface area contributed by atoms with E-state index in [1.165, 1.54) is 12.8 Å². The molecule has 0 saturated carbocycles. The number of carboxylic acids is 1. The van der Waals surface area contributed by atoms with Crippen LogP contribution >= 0.6 is 0 Å². The highest BCUT2D eigenvalue weighted by Gasteiger charge is 2.17. The number of rotatable bonds is 7. The lowest BCUT2D eigenvalue weighted by atomic mass is 9.97. The summed E-state index contributed by atoms with van der Waals surface area (Å²) in [6.07, 6.45) is 2.60. The lowest BCUT2D eigenvalue weighted by Crippen LogP contribution is -2.36. The third kappa shape index (κ3) is 5.14. The average molecular weight is 290 g/mol. The monoisotopic (exact) mass is 290 g/mol. The molecule has 4 nitrogen and oxygen atoms in total. The molecule has 1 aliphatic heterocycles. The second-order valence-corrected chi connectivity index (χ2v) is 5.86. The predicted octanol–water partition coefficient (Wildman–Crippen LogP) is 2.14. The van der Waals surface area contributed by atoms with Crippen molar-refractivity contribution >= 4 is 5.97 Å². The highest BCUT2D eigenvalue weighted by Crippen LogP contribution is 2.17. The summed E-state index contributed by atoms with van der Waals surface area (Å²) in [7, 11) is 0. The van der Waals surface area contributed by atoms with Gasteiger partial charge >= 0.3 is 5.97 Å². The molecule has 0 amide bonds. The largest absolute Gasteiger partial charge is 0.481 e. The van der Waals surface area contributed by atoms with E-state index in [9.17, 15) is 4.79 Å². The number of aliphatic carboxylic acids is 1. The van der Waals surface area contributed by atoms with Crippen molar-refractivity contribution in [2.24, 2.45) is 5.92 Å². The smallest absolute Gasteiger partial charge is 0.307 e. The summed E-state index contributed by atoms with van der Waals surface area (Å²) in [6.45, 7) is 7.39. The molecule has 0 aromatic heterocycles. The van der Waals surface area contributed by atoms with E-state index in [1.807, 2.05) is 18.2 Å². The highest BCUT2D eigenvalue weighted by molar-refractivity contribution is 5.70. The van der Waals surface area contributed by atoms with Crippen molar-refractivity contribution in [2.45, 2.75) is 32.7 Å². The summed E-state index contributed by atoms with van der Waals surface area (Å²) < 4.78 is 0. The predicted molar refractivity (Wildman–Crippen MR) is 84.3 cm³/mol. The van der Waals surface area contributed by atoms with Gasteiger partial charge in [0.15, 0.2) is 0 Å². The van der Waals surface area contributed by atoms with E-state index in [2.05, 4.69) is 23.2 Å². The van der Waals surface area contributed by atoms with Gasteiger partial charge in [-0.25, -0.2) is 0 Å². The maximum atomic E-state index is 11.0. The lowest BCUT2D eigenvalue weighted by Gasteiger charge is -2.29. The number of nitrogens with zero attached hydrogens (tertiary/aromatic N) is 1. The molecule has 2 rings (SSSR count). The standard InChI is InChI=1S/C17H26N2O2/c1-2-19(12-14-7-9-18-10-8-14)13-16-6-4-3-5-15(16)11-17(20)21/h3-6,14,18H,2,7-13H2,1H3,(H,20,21). The summed E-state index contributed by atoms with van der Waals surface area (Å²) in [6, 6.07) is 7.91. The summed E-state index contributed by atoms with van der Waals surface area (Å²) in [5, 5.41) is 12.4. The van der Waals surface area contributed by atoms with Gasteiger partial charge in [0, 0.05) is 13.1 Å². The van der Waals surface area contributed by atoms with Gasteiger partial charge in [-0.1, -0.05) is 31.2 Å². The van der Waals surface area contributed by atoms with Gasteiger partial charge in [0.25, 0.3) is 0 Å². The number of hydrogen-bond acceptors (Lipinski definition) is 3. The zero-order chi connectivity index (χ0) is 15.1. The fourth-order valence-electron chi connectivity index (χ4n) is 3.02. The van der Waals surface area contributed by atoms with Gasteiger partial charge in [0.1, 0.15) is 0 Å². The molecule has 0 unspecified atom stereocenters. The fraction of sp³-hybridized carbons (Fsp3) is 0.588. The van der Waals surface area contributed by atoms with E-state index in [4.69, 9.17) is 5.11 Å². The Kier molecular flexibility index (Phi) is 6.21. The van der Waals surface area contributed by atoms with Crippen LogP contribution in [0.5, 0.6) is 0 Å². The van der Waals surface area contributed by atoms with Gasteiger partial charge in [-0.3, -0.25) is 9.69 Å². The van der Waals surface area contributed by atoms with Crippen LogP contribution in [0.1, 0.15) is 30.9 Å². The van der Waals surface area contributed by atoms with E-state index < -0.39 is 5.97 Å². The van der Waals surface area contributed by atoms with Crippen LogP contribution in [-0.2, 0) is 17.8 Å². The number of piperidine rings is 1. The molecule has 116 valence electrons. The van der Waals surface area contributed by atoms with Crippen molar-refractivity contribution in [1.82, 2.24) is 10.2 Å². The van der Waals surface area contributed by atoms with E-state index in [0.29, 0.717) is 0 Å². The van der Waals surface area contributed by atoms with Gasteiger partial charge in [-0.2, -0.15) is 0 Å². The molecule has 1 aromatic rings. The molecule has 1 aromatic carbocycles. The fourth-order valence-corrected chi connectivity index (χ4v) is 3.02. The Morgan fingerprint density at radius 3 is 2.57 bits per heavy atom. The van der Waals surface area contributed by atoms with Crippen molar-refractivity contribution in [1.29, 1.82) is 0 Å². The molecule has 1 heterocycles. The topological polar surface area (TPSA) is 52.6 Å². The van der Waals surface area contributed by atoms with Gasteiger partial charge in [-0.15, -0.1) is 0 Å². The van der Waals surface area contributed by atoms with Crippen LogP contribution in [0, 0.1) is 5.92 Å². The van der Waals surface area contributed by atoms with Crippen molar-refractivity contribution in [3.05, 3.63) is 35.4 Å². The van der Waals surface area contributed by atoms with Crippen LogP contribution in [0.15, 0.2) is 24.3 Å². The van der Waals surface area contributed by atoms with Gasteiger partial charge in [0.05, 0.1) is 6.42 Å². The second kappa shape index (κ2) is 8.15. The van der Waals surface area contributed by atoms with Crippen LogP contribution in [-0.4, -0.2) is 42.2 Å². The molecular formula is C17H26N2O2. The Morgan fingerprint density at radius 1 is 1.29 bits per heavy atom. The van der Waals surface area contributed by atoms with Crippen molar-refractivity contribution in [2.75, 3.05) is 26.2 Å². The summed E-state index contributed by atoms with van der Waals surface area (Å²) in [5.41, 5.74) is 2.09. The lowest BCUT2D eigenvalue weighted by molar-refractivity contribution is -0.136. The van der Waals surface area contributed by atoms with E-state index in [0.717, 1.165) is 49.8 Å². The highest BCUT2D eigenvalue weighted by atomic mass is 16.4. The van der Waals surface area contributed by atoms with Crippen LogP contribution in [0.2, 0.25) is 0 Å². The SMILES string of the molecule is CCN(Cc1ccccc1CC(=O)O)CC1CCNCC1. The first-order valence-corrected chi connectivity index (χ1v) is 7.90. The first kappa shape index (κ1) is 16.0. The van der Waals surface area contributed by atoms with Crippen LogP contribution in [0.4, 0.5) is 0 Å². The van der Waals surface area contributed by atoms with E-state index in [1.54, 1.807) is 0 Å². The molecule has 0 radical (unpaired) electrons. The van der Waals surface area contributed by atoms with E-state index >= 15 is 0 Å². The van der Waals surface area contributed by atoms with Gasteiger partial charge < -0.3 is 10.4 Å². The number of hydrogen-bond donors (Lipinski definition) is 2. The summed E-state index contributed by atoms with van der Waals surface area (Å²) in [4.78, 5) is 13.4. The van der Waals surface area contributed by atoms with E-state index in [-0.39, 0.29) is 6.42 Å². The molecule has 0 atom stereocenters. The van der Waals surface area contributed by atoms with Gasteiger partial charge in [0.2, 0.25) is 0 Å². The third-order valence-corrected chi connectivity index (χ3v) is 4.28. The van der Waals surface area contributed by atoms with Crippen molar-refractivity contribution < 1.29 is 9.90 Å². The Balaban J connectivity index is 1.98. The molecule has 1 aliphatic rings. The Morgan fingerprint density at radius 2 is 1.95 bits per heavy atom. The molecule has 0 bridgehead atoms. The first-order chi connectivity index (χ1) is 10.2. The first-order valence-electron chi connectivity index (χ1n) is 7.90. The third-order valence-electron chi connectivity index (χ3n) is 4.28. The molecule has 0 aliphatic carbocycles. The maximum absolute atomic E-state index is 11.0. The maximum Gasteiger partial charge on any atom is 0.307 e. The average Bonchev–Trinajstić information content (AvgIpc) is 2.49. The molecule has 4 heteroatoms. The minimum Gasteiger partial charge on any atom is -0.481 e. The summed E-state index contributed by atoms with van der Waals surface area (Å²) in [5.74, 6) is 0.00156. The van der Waals surface area contributed by atoms with Crippen LogP contribution in [0.25, 0.3) is 0 Å². The number of carbonyl (C=O) groups is 1. The van der Waals surface area contributed by atoms with Crippen molar-refractivity contribution in [3.63, 3.8) is 0 Å². The second-order valence-electron chi connectivity index (χ2n) is 5.86. The van der Waals surface area contributed by atoms with Crippen LogP contribution < -0.4 is 5.32 Å². The Labute approximate surface area is 127 Å². The quantitative estimate of drug-likeness (QED) is 0.808. The Bertz CT molecular complexity index is 456. The van der Waals surface area contributed by atoms with Gasteiger partial charge in [-0.05, 0) is 49.5 Å². The number of benzene rings is 1. The number of nitrogens with one attached hydrogen (secondary N) is 1. The Hall–Kier alpha value is -1.39. The van der Waals surface area contributed by atoms with Crippen molar-refractivity contribution in [3.8, 4) is 0 Å². The molecule has 1 saturated heterocycles. The zero-order valence-corrected chi connectivity index (χ0v) is 12.8.